The number of rotatable bonds is 2. The van der Waals surface area contributed by atoms with Crippen molar-refractivity contribution in [2.24, 2.45) is 13.0 Å². The van der Waals surface area contributed by atoms with Gasteiger partial charge in [0.1, 0.15) is 5.82 Å². The second-order valence-corrected chi connectivity index (χ2v) is 5.54. The van der Waals surface area contributed by atoms with E-state index in [9.17, 15) is 14.4 Å². The van der Waals surface area contributed by atoms with Crippen molar-refractivity contribution < 1.29 is 4.39 Å². The standard InChI is InChI=1S/C16H15FN4O/c1-21-15(22)8-13(10-5-6-19-14(17)7-10)20-16(21)12-4-2-3-11(12)9-18/h5-8,11-12H,2-4H2,1H3/t11-,12+/m1/s1. The van der Waals surface area contributed by atoms with Crippen molar-refractivity contribution in [3.05, 3.63) is 46.5 Å². The van der Waals surface area contributed by atoms with Crippen LogP contribution >= 0.6 is 0 Å². The molecule has 0 N–H and O–H groups in total. The Morgan fingerprint density at radius 2 is 2.23 bits per heavy atom. The van der Waals surface area contributed by atoms with Crippen molar-refractivity contribution in [1.82, 2.24) is 14.5 Å². The monoisotopic (exact) mass is 298 g/mol. The van der Waals surface area contributed by atoms with Crippen LogP contribution in [0.25, 0.3) is 11.3 Å². The zero-order chi connectivity index (χ0) is 15.7. The summed E-state index contributed by atoms with van der Waals surface area (Å²) < 4.78 is 14.8. The van der Waals surface area contributed by atoms with E-state index in [2.05, 4.69) is 16.0 Å². The predicted molar refractivity (Wildman–Crippen MR) is 78.4 cm³/mol. The molecule has 1 fully saturated rings. The van der Waals surface area contributed by atoms with E-state index in [0.717, 1.165) is 19.3 Å². The van der Waals surface area contributed by atoms with E-state index < -0.39 is 5.95 Å². The molecule has 1 saturated carbocycles. The Morgan fingerprint density at radius 3 is 2.95 bits per heavy atom. The maximum absolute atomic E-state index is 13.3. The Kier molecular flexibility index (Phi) is 3.72. The van der Waals surface area contributed by atoms with Crippen LogP contribution in [0.2, 0.25) is 0 Å². The van der Waals surface area contributed by atoms with Gasteiger partial charge in [0, 0.05) is 36.9 Å². The zero-order valence-electron chi connectivity index (χ0n) is 12.2. The van der Waals surface area contributed by atoms with E-state index in [1.807, 2.05) is 0 Å². The summed E-state index contributed by atoms with van der Waals surface area (Å²) in [5.74, 6) is -0.182. The minimum absolute atomic E-state index is 0.0469. The first-order chi connectivity index (χ1) is 10.6. The van der Waals surface area contributed by atoms with Crippen molar-refractivity contribution in [2.45, 2.75) is 25.2 Å². The summed E-state index contributed by atoms with van der Waals surface area (Å²) in [5, 5.41) is 9.26. The molecule has 0 aliphatic heterocycles. The van der Waals surface area contributed by atoms with Gasteiger partial charge in [0.15, 0.2) is 0 Å². The second kappa shape index (κ2) is 5.68. The first kappa shape index (κ1) is 14.4. The SMILES string of the molecule is Cn1c([C@H]2CCC[C@@H]2C#N)nc(-c2ccnc(F)c2)cc1=O. The first-order valence-electron chi connectivity index (χ1n) is 7.19. The van der Waals surface area contributed by atoms with Gasteiger partial charge in [-0.3, -0.25) is 9.36 Å². The van der Waals surface area contributed by atoms with Crippen molar-refractivity contribution in [2.75, 3.05) is 0 Å². The number of hydrogen-bond donors (Lipinski definition) is 0. The molecule has 2 aromatic rings. The summed E-state index contributed by atoms with van der Waals surface area (Å²) in [5.41, 5.74) is 0.724. The molecule has 2 atom stereocenters. The van der Waals surface area contributed by atoms with Crippen molar-refractivity contribution >= 4 is 0 Å². The van der Waals surface area contributed by atoms with Gasteiger partial charge in [-0.1, -0.05) is 6.42 Å². The van der Waals surface area contributed by atoms with Crippen LogP contribution in [-0.2, 0) is 7.05 Å². The largest absolute Gasteiger partial charge is 0.300 e. The molecule has 2 aromatic heterocycles. The van der Waals surface area contributed by atoms with Crippen LogP contribution in [0.3, 0.4) is 0 Å². The Balaban J connectivity index is 2.12. The highest BCUT2D eigenvalue weighted by Crippen LogP contribution is 2.38. The molecule has 0 spiro atoms. The minimum Gasteiger partial charge on any atom is -0.300 e. The second-order valence-electron chi connectivity index (χ2n) is 5.54. The van der Waals surface area contributed by atoms with E-state index in [1.54, 1.807) is 13.1 Å². The van der Waals surface area contributed by atoms with Crippen molar-refractivity contribution in [1.29, 1.82) is 5.26 Å². The van der Waals surface area contributed by atoms with Crippen molar-refractivity contribution in [3.63, 3.8) is 0 Å². The lowest BCUT2D eigenvalue weighted by Crippen LogP contribution is -2.25. The summed E-state index contributed by atoms with van der Waals surface area (Å²) in [6, 6.07) is 6.55. The molecular weight excluding hydrogens is 283 g/mol. The number of hydrogen-bond acceptors (Lipinski definition) is 4. The van der Waals surface area contributed by atoms with Crippen LogP contribution in [0.15, 0.2) is 29.2 Å². The van der Waals surface area contributed by atoms with Crippen LogP contribution < -0.4 is 5.56 Å². The minimum atomic E-state index is -0.614. The third-order valence-corrected chi connectivity index (χ3v) is 4.21. The van der Waals surface area contributed by atoms with E-state index in [0.29, 0.717) is 17.1 Å². The van der Waals surface area contributed by atoms with Gasteiger partial charge in [0.05, 0.1) is 17.7 Å². The molecule has 1 aliphatic carbocycles. The van der Waals surface area contributed by atoms with Crippen LogP contribution in [-0.4, -0.2) is 14.5 Å². The van der Waals surface area contributed by atoms with E-state index >= 15 is 0 Å². The molecule has 0 radical (unpaired) electrons. The molecule has 0 aromatic carbocycles. The molecular formula is C16H15FN4O. The molecule has 2 heterocycles. The highest BCUT2D eigenvalue weighted by molar-refractivity contribution is 5.57. The summed E-state index contributed by atoms with van der Waals surface area (Å²) in [4.78, 5) is 20.3. The molecule has 0 amide bonds. The van der Waals surface area contributed by atoms with Gasteiger partial charge in [-0.15, -0.1) is 0 Å². The van der Waals surface area contributed by atoms with E-state index in [4.69, 9.17) is 0 Å². The number of nitriles is 1. The highest BCUT2D eigenvalue weighted by atomic mass is 19.1. The van der Waals surface area contributed by atoms with Gasteiger partial charge in [-0.05, 0) is 18.9 Å². The summed E-state index contributed by atoms with van der Waals surface area (Å²) in [7, 11) is 1.66. The fourth-order valence-electron chi connectivity index (χ4n) is 3.02. The fraction of sp³-hybridized carbons (Fsp3) is 0.375. The number of pyridine rings is 1. The van der Waals surface area contributed by atoms with Crippen LogP contribution in [0, 0.1) is 23.2 Å². The average molecular weight is 298 g/mol. The predicted octanol–water partition coefficient (Wildman–Crippen LogP) is 2.39. The van der Waals surface area contributed by atoms with Crippen molar-refractivity contribution in [3.8, 4) is 17.3 Å². The first-order valence-corrected chi connectivity index (χ1v) is 7.19. The quantitative estimate of drug-likeness (QED) is 0.798. The van der Waals surface area contributed by atoms with Gasteiger partial charge < -0.3 is 0 Å². The topological polar surface area (TPSA) is 71.6 Å². The molecule has 0 saturated heterocycles. The number of halogens is 1. The summed E-state index contributed by atoms with van der Waals surface area (Å²) in [6.45, 7) is 0. The van der Waals surface area contributed by atoms with Gasteiger partial charge in [-0.25, -0.2) is 9.97 Å². The molecule has 5 nitrogen and oxygen atoms in total. The Labute approximate surface area is 127 Å². The molecule has 0 unspecified atom stereocenters. The van der Waals surface area contributed by atoms with Gasteiger partial charge in [0.25, 0.3) is 5.56 Å². The molecule has 22 heavy (non-hydrogen) atoms. The fourth-order valence-corrected chi connectivity index (χ4v) is 3.02. The smallest absolute Gasteiger partial charge is 0.253 e. The van der Waals surface area contributed by atoms with Gasteiger partial charge in [0.2, 0.25) is 5.95 Å². The Morgan fingerprint density at radius 1 is 1.41 bits per heavy atom. The zero-order valence-corrected chi connectivity index (χ0v) is 12.2. The molecule has 6 heteroatoms. The van der Waals surface area contributed by atoms with E-state index in [-0.39, 0.29) is 17.4 Å². The Bertz CT molecular complexity index is 809. The van der Waals surface area contributed by atoms with Crippen LogP contribution in [0.5, 0.6) is 0 Å². The lowest BCUT2D eigenvalue weighted by molar-refractivity contribution is 0.535. The molecule has 0 bridgehead atoms. The maximum Gasteiger partial charge on any atom is 0.253 e. The average Bonchev–Trinajstić information content (AvgIpc) is 2.98. The highest BCUT2D eigenvalue weighted by Gasteiger charge is 2.31. The maximum atomic E-state index is 13.3. The number of aromatic nitrogens is 3. The van der Waals surface area contributed by atoms with E-state index in [1.165, 1.54) is 22.9 Å². The lowest BCUT2D eigenvalue weighted by atomic mass is 9.96. The normalized spacial score (nSPS) is 20.8. The van der Waals surface area contributed by atoms with Crippen LogP contribution in [0.4, 0.5) is 4.39 Å². The Hall–Kier alpha value is -2.55. The number of nitrogens with zero attached hydrogens (tertiary/aromatic N) is 4. The summed E-state index contributed by atoms with van der Waals surface area (Å²) >= 11 is 0. The van der Waals surface area contributed by atoms with Gasteiger partial charge >= 0.3 is 0 Å². The van der Waals surface area contributed by atoms with Crippen LogP contribution in [0.1, 0.15) is 31.0 Å². The van der Waals surface area contributed by atoms with Gasteiger partial charge in [-0.2, -0.15) is 9.65 Å². The third-order valence-electron chi connectivity index (χ3n) is 4.21. The lowest BCUT2D eigenvalue weighted by Gasteiger charge is -2.17. The molecule has 3 rings (SSSR count). The molecule has 1 aliphatic rings. The summed E-state index contributed by atoms with van der Waals surface area (Å²) in [6.07, 6.45) is 3.96. The third kappa shape index (κ3) is 2.50. The molecule has 112 valence electrons.